The summed E-state index contributed by atoms with van der Waals surface area (Å²) in [6, 6.07) is 0. The molecule has 5 rings (SSSR count). The van der Waals surface area contributed by atoms with Crippen LogP contribution in [-0.2, 0) is 9.53 Å². The van der Waals surface area contributed by atoms with Crippen molar-refractivity contribution in [2.75, 3.05) is 6.61 Å². The van der Waals surface area contributed by atoms with Crippen molar-refractivity contribution in [3.8, 4) is 0 Å². The average Bonchev–Trinajstić information content (AvgIpc) is 3.27. The lowest BCUT2D eigenvalue weighted by Gasteiger charge is -2.58. The lowest BCUT2D eigenvalue weighted by Crippen LogP contribution is -2.54. The fourth-order valence-electron chi connectivity index (χ4n) is 8.00. The van der Waals surface area contributed by atoms with Gasteiger partial charge in [-0.15, -0.1) is 6.58 Å². The quantitative estimate of drug-likeness (QED) is 0.634. The van der Waals surface area contributed by atoms with Gasteiger partial charge in [0.2, 0.25) is 0 Å². The van der Waals surface area contributed by atoms with Gasteiger partial charge in [0.1, 0.15) is 5.78 Å². The summed E-state index contributed by atoms with van der Waals surface area (Å²) in [5.41, 5.74) is 1.74. The minimum absolute atomic E-state index is 0.00434. The van der Waals surface area contributed by atoms with Gasteiger partial charge in [-0.25, -0.2) is 0 Å². The molecule has 0 aromatic heterocycles. The standard InChI is InChI=1S/C24H32O2/c1-3-16-14-17-15-18(25)6-7-19(17)20-8-11-23(4-2)21(22(16)20)9-12-24(23)10-5-13-26-24/h3,5,10,14,16,19-22H,1,4,6-9,11-13,15H2,2H3/t16-,19+,20-,21+,22-,23+,24+/m1/s1. The van der Waals surface area contributed by atoms with Gasteiger partial charge in [0.25, 0.3) is 0 Å². The van der Waals surface area contributed by atoms with Crippen LogP contribution in [0.2, 0.25) is 0 Å². The van der Waals surface area contributed by atoms with E-state index in [1.807, 2.05) is 0 Å². The molecule has 0 radical (unpaired) electrons. The summed E-state index contributed by atoms with van der Waals surface area (Å²) in [5, 5.41) is 0. The van der Waals surface area contributed by atoms with Crippen molar-refractivity contribution in [3.05, 3.63) is 36.5 Å². The highest BCUT2D eigenvalue weighted by Gasteiger charge is 2.65. The Morgan fingerprint density at radius 1 is 1.31 bits per heavy atom. The molecule has 4 aliphatic carbocycles. The molecule has 26 heavy (non-hydrogen) atoms. The number of carbonyl (C=O) groups is 1. The summed E-state index contributed by atoms with van der Waals surface area (Å²) < 4.78 is 6.44. The first-order chi connectivity index (χ1) is 12.6. The lowest BCUT2D eigenvalue weighted by atomic mass is 9.48. The zero-order valence-corrected chi connectivity index (χ0v) is 16.1. The zero-order chi connectivity index (χ0) is 17.9. The van der Waals surface area contributed by atoms with Crippen LogP contribution < -0.4 is 0 Å². The molecule has 3 fully saturated rings. The number of fused-ring (bicyclic) bond motifs is 6. The maximum Gasteiger partial charge on any atom is 0.136 e. The van der Waals surface area contributed by atoms with Crippen LogP contribution in [-0.4, -0.2) is 18.0 Å². The first-order valence-electron chi connectivity index (χ1n) is 10.8. The summed E-state index contributed by atoms with van der Waals surface area (Å²) >= 11 is 0. The highest BCUT2D eigenvalue weighted by Crippen LogP contribution is 2.68. The van der Waals surface area contributed by atoms with Gasteiger partial charge < -0.3 is 4.74 Å². The summed E-state index contributed by atoms with van der Waals surface area (Å²) in [5.74, 6) is 3.70. The predicted octanol–water partition coefficient (Wildman–Crippen LogP) is 5.26. The molecule has 0 aromatic carbocycles. The third-order valence-electron chi connectivity index (χ3n) is 8.97. The number of hydrogen-bond acceptors (Lipinski definition) is 2. The molecule has 1 heterocycles. The Morgan fingerprint density at radius 2 is 2.19 bits per heavy atom. The highest BCUT2D eigenvalue weighted by atomic mass is 16.5. The van der Waals surface area contributed by atoms with E-state index < -0.39 is 0 Å². The van der Waals surface area contributed by atoms with E-state index in [2.05, 4.69) is 37.8 Å². The molecule has 0 bridgehead atoms. The minimum atomic E-state index is -0.00434. The number of ketones is 1. The Bertz CT molecular complexity index is 688. The van der Waals surface area contributed by atoms with Crippen molar-refractivity contribution < 1.29 is 9.53 Å². The molecule has 1 aliphatic heterocycles. The van der Waals surface area contributed by atoms with E-state index in [4.69, 9.17) is 4.74 Å². The molecule has 0 unspecified atom stereocenters. The van der Waals surface area contributed by atoms with E-state index >= 15 is 0 Å². The van der Waals surface area contributed by atoms with E-state index in [9.17, 15) is 4.79 Å². The third kappa shape index (κ3) is 2.06. The molecule has 3 saturated carbocycles. The van der Waals surface area contributed by atoms with Crippen LogP contribution in [0.1, 0.15) is 58.3 Å². The molecule has 2 heteroatoms. The van der Waals surface area contributed by atoms with Crippen LogP contribution in [0.5, 0.6) is 0 Å². The molecule has 0 aromatic rings. The number of carbonyl (C=O) groups excluding carboxylic acids is 1. The van der Waals surface area contributed by atoms with Gasteiger partial charge in [0.05, 0.1) is 12.2 Å². The van der Waals surface area contributed by atoms with Crippen molar-refractivity contribution >= 4 is 5.78 Å². The zero-order valence-electron chi connectivity index (χ0n) is 16.1. The maximum absolute atomic E-state index is 12.0. The molecule has 7 atom stereocenters. The van der Waals surface area contributed by atoms with Crippen LogP contribution in [0.15, 0.2) is 36.5 Å². The summed E-state index contributed by atoms with van der Waals surface area (Å²) in [7, 11) is 0. The molecule has 5 aliphatic rings. The van der Waals surface area contributed by atoms with Crippen LogP contribution in [0.4, 0.5) is 0 Å². The molecule has 0 saturated heterocycles. The van der Waals surface area contributed by atoms with E-state index in [-0.39, 0.29) is 5.60 Å². The Kier molecular flexibility index (Phi) is 3.87. The van der Waals surface area contributed by atoms with Gasteiger partial charge in [0, 0.05) is 18.3 Å². The van der Waals surface area contributed by atoms with Crippen LogP contribution in [0.25, 0.3) is 0 Å². The van der Waals surface area contributed by atoms with Crippen molar-refractivity contribution in [2.24, 2.45) is 35.0 Å². The number of Topliss-reactive ketones (excluding diaryl/α,β-unsaturated/α-hetero) is 1. The van der Waals surface area contributed by atoms with Crippen molar-refractivity contribution in [1.29, 1.82) is 0 Å². The van der Waals surface area contributed by atoms with Crippen molar-refractivity contribution in [3.63, 3.8) is 0 Å². The Labute approximate surface area is 157 Å². The number of rotatable bonds is 2. The second kappa shape index (κ2) is 5.92. The number of hydrogen-bond donors (Lipinski definition) is 0. The summed E-state index contributed by atoms with van der Waals surface area (Å²) in [6.45, 7) is 7.39. The number of ether oxygens (including phenoxy) is 1. The second-order valence-corrected chi connectivity index (χ2v) is 9.45. The summed E-state index contributed by atoms with van der Waals surface area (Å²) in [6.07, 6.45) is 18.2. The fourth-order valence-corrected chi connectivity index (χ4v) is 8.00. The largest absolute Gasteiger partial charge is 0.366 e. The molecule has 1 spiro atoms. The first-order valence-corrected chi connectivity index (χ1v) is 10.8. The molecule has 0 amide bonds. The van der Waals surface area contributed by atoms with Gasteiger partial charge >= 0.3 is 0 Å². The van der Waals surface area contributed by atoms with Crippen molar-refractivity contribution in [2.45, 2.75) is 63.9 Å². The molecular formula is C24H32O2. The third-order valence-corrected chi connectivity index (χ3v) is 8.97. The van der Waals surface area contributed by atoms with Gasteiger partial charge in [-0.05, 0) is 68.1 Å². The fraction of sp³-hybridized carbons (Fsp3) is 0.708. The Morgan fingerprint density at radius 3 is 2.92 bits per heavy atom. The van der Waals surface area contributed by atoms with E-state index in [1.165, 1.54) is 37.7 Å². The predicted molar refractivity (Wildman–Crippen MR) is 104 cm³/mol. The first kappa shape index (κ1) is 17.0. The SMILES string of the molecule is C=C[C@@H]1C=C2CC(=O)CC[C@@H]2[C@H]2CC[C@@]3(CC)[C@@H](CC[C@@]34C=CCO4)[C@H]12. The van der Waals surface area contributed by atoms with E-state index in [0.717, 1.165) is 31.3 Å². The summed E-state index contributed by atoms with van der Waals surface area (Å²) in [4.78, 5) is 12.0. The smallest absolute Gasteiger partial charge is 0.136 e. The molecule has 0 N–H and O–H groups in total. The normalized spacial score (nSPS) is 49.5. The minimum Gasteiger partial charge on any atom is -0.366 e. The van der Waals surface area contributed by atoms with Crippen LogP contribution >= 0.6 is 0 Å². The topological polar surface area (TPSA) is 26.3 Å². The lowest BCUT2D eigenvalue weighted by molar-refractivity contribution is -0.128. The van der Waals surface area contributed by atoms with Crippen LogP contribution in [0.3, 0.4) is 0 Å². The number of allylic oxidation sites excluding steroid dienone is 3. The Hall–Kier alpha value is -1.15. The maximum atomic E-state index is 12.0. The molecule has 2 nitrogen and oxygen atoms in total. The molecule has 140 valence electrons. The monoisotopic (exact) mass is 352 g/mol. The van der Waals surface area contributed by atoms with Gasteiger partial charge in [-0.3, -0.25) is 4.79 Å². The molecular weight excluding hydrogens is 320 g/mol. The van der Waals surface area contributed by atoms with Gasteiger partial charge in [-0.1, -0.05) is 36.8 Å². The highest BCUT2D eigenvalue weighted by molar-refractivity contribution is 5.82. The van der Waals surface area contributed by atoms with Crippen molar-refractivity contribution in [1.82, 2.24) is 0 Å². The van der Waals surface area contributed by atoms with E-state index in [1.54, 1.807) is 0 Å². The second-order valence-electron chi connectivity index (χ2n) is 9.45. The van der Waals surface area contributed by atoms with Crippen LogP contribution in [0, 0.1) is 35.0 Å². The van der Waals surface area contributed by atoms with Gasteiger partial charge in [0.15, 0.2) is 0 Å². The average molecular weight is 353 g/mol. The van der Waals surface area contributed by atoms with E-state index in [0.29, 0.717) is 35.4 Å². The van der Waals surface area contributed by atoms with Gasteiger partial charge in [-0.2, -0.15) is 0 Å². The Balaban J connectivity index is 1.56.